The van der Waals surface area contributed by atoms with Gasteiger partial charge in [0.2, 0.25) is 5.91 Å². The average molecular weight is 430 g/mol. The van der Waals surface area contributed by atoms with Crippen molar-refractivity contribution in [1.82, 2.24) is 4.90 Å². The van der Waals surface area contributed by atoms with Gasteiger partial charge in [0.15, 0.2) is 6.61 Å². The van der Waals surface area contributed by atoms with Gasteiger partial charge in [-0.2, -0.15) is 0 Å². The average Bonchev–Trinajstić information content (AvgIpc) is 3.65. The van der Waals surface area contributed by atoms with Crippen LogP contribution in [0, 0.1) is 0 Å². The fraction of sp³-hybridized carbons (Fsp3) is 0.308. The van der Waals surface area contributed by atoms with E-state index in [9.17, 15) is 9.59 Å². The standard InChI is InChI=1S/C26H27N3O3/c1-28-23-12-9-20(15-24(23)32-17-26(28)31)27-25(30)13-14-29(21-10-11-21)16-19-7-4-6-18-5-2-3-8-22(18)19/h2-9,12,15,21H,10-11,13-14,16-17H2,1H3,(H,27,30). The predicted molar refractivity (Wildman–Crippen MR) is 126 cm³/mol. The Morgan fingerprint density at radius 3 is 2.78 bits per heavy atom. The molecule has 2 amide bonds. The summed E-state index contributed by atoms with van der Waals surface area (Å²) in [4.78, 5) is 28.4. The van der Waals surface area contributed by atoms with E-state index >= 15 is 0 Å². The molecule has 0 unspecified atom stereocenters. The molecule has 32 heavy (non-hydrogen) atoms. The lowest BCUT2D eigenvalue weighted by molar-refractivity contribution is -0.121. The molecule has 5 rings (SSSR count). The maximum absolute atomic E-state index is 12.7. The first kappa shape index (κ1) is 20.5. The lowest BCUT2D eigenvalue weighted by Crippen LogP contribution is -2.35. The van der Waals surface area contributed by atoms with E-state index in [4.69, 9.17) is 4.74 Å². The third-order valence-electron chi connectivity index (χ3n) is 6.27. The first-order chi connectivity index (χ1) is 15.6. The first-order valence-electron chi connectivity index (χ1n) is 11.1. The Kier molecular flexibility index (Phi) is 5.53. The summed E-state index contributed by atoms with van der Waals surface area (Å²) < 4.78 is 5.52. The molecule has 0 spiro atoms. The second-order valence-electron chi connectivity index (χ2n) is 8.56. The predicted octanol–water partition coefficient (Wildman–Crippen LogP) is 4.19. The smallest absolute Gasteiger partial charge is 0.264 e. The van der Waals surface area contributed by atoms with Crippen LogP contribution >= 0.6 is 0 Å². The number of anilines is 2. The highest BCUT2D eigenvalue weighted by molar-refractivity contribution is 5.98. The molecule has 6 heteroatoms. The summed E-state index contributed by atoms with van der Waals surface area (Å²) in [7, 11) is 1.73. The third-order valence-corrected chi connectivity index (χ3v) is 6.27. The topological polar surface area (TPSA) is 61.9 Å². The maximum atomic E-state index is 12.7. The van der Waals surface area contributed by atoms with Crippen molar-refractivity contribution >= 4 is 34.0 Å². The summed E-state index contributed by atoms with van der Waals surface area (Å²) in [5.74, 6) is 0.509. The molecule has 0 atom stereocenters. The number of carbonyl (C=O) groups excluding carboxylic acids is 2. The van der Waals surface area contributed by atoms with Crippen molar-refractivity contribution in [2.24, 2.45) is 0 Å². The molecule has 1 fully saturated rings. The van der Waals surface area contributed by atoms with Crippen molar-refractivity contribution in [2.45, 2.75) is 31.8 Å². The van der Waals surface area contributed by atoms with E-state index in [1.807, 2.05) is 6.07 Å². The number of fused-ring (bicyclic) bond motifs is 2. The number of nitrogens with zero attached hydrogens (tertiary/aromatic N) is 2. The molecule has 0 aromatic heterocycles. The summed E-state index contributed by atoms with van der Waals surface area (Å²) in [6.45, 7) is 1.59. The van der Waals surface area contributed by atoms with Crippen LogP contribution in [0.4, 0.5) is 11.4 Å². The van der Waals surface area contributed by atoms with E-state index in [0.717, 1.165) is 13.1 Å². The van der Waals surface area contributed by atoms with Crippen molar-refractivity contribution in [2.75, 3.05) is 30.4 Å². The van der Waals surface area contributed by atoms with Crippen LogP contribution in [0.5, 0.6) is 5.75 Å². The minimum absolute atomic E-state index is 0.0193. The van der Waals surface area contributed by atoms with Gasteiger partial charge in [-0.25, -0.2) is 0 Å². The molecule has 3 aromatic rings. The quantitative estimate of drug-likeness (QED) is 0.612. The van der Waals surface area contributed by atoms with Gasteiger partial charge >= 0.3 is 0 Å². The van der Waals surface area contributed by atoms with Gasteiger partial charge in [-0.05, 0) is 41.3 Å². The zero-order valence-corrected chi connectivity index (χ0v) is 18.2. The minimum atomic E-state index is -0.0827. The number of benzene rings is 3. The normalized spacial score (nSPS) is 15.6. The van der Waals surface area contributed by atoms with Gasteiger partial charge in [0.25, 0.3) is 5.91 Å². The molecular weight excluding hydrogens is 402 g/mol. The van der Waals surface area contributed by atoms with Crippen LogP contribution in [-0.4, -0.2) is 43.0 Å². The van der Waals surface area contributed by atoms with Gasteiger partial charge in [0, 0.05) is 44.4 Å². The highest BCUT2D eigenvalue weighted by Crippen LogP contribution is 2.34. The summed E-state index contributed by atoms with van der Waals surface area (Å²) in [5, 5.41) is 5.51. The van der Waals surface area contributed by atoms with E-state index in [1.165, 1.54) is 29.2 Å². The maximum Gasteiger partial charge on any atom is 0.264 e. The molecular formula is C26H27N3O3. The summed E-state index contributed by atoms with van der Waals surface area (Å²) in [6, 6.07) is 20.9. The van der Waals surface area contributed by atoms with Gasteiger partial charge in [-0.1, -0.05) is 42.5 Å². The summed E-state index contributed by atoms with van der Waals surface area (Å²) >= 11 is 0. The number of ether oxygens (including phenoxy) is 1. The lowest BCUT2D eigenvalue weighted by Gasteiger charge is -2.26. The van der Waals surface area contributed by atoms with Crippen LogP contribution in [0.2, 0.25) is 0 Å². The molecule has 1 aliphatic carbocycles. The Bertz CT molecular complexity index is 1170. The van der Waals surface area contributed by atoms with Crippen LogP contribution < -0.4 is 15.0 Å². The Morgan fingerprint density at radius 1 is 1.12 bits per heavy atom. The molecule has 0 bridgehead atoms. The molecule has 1 saturated carbocycles. The highest BCUT2D eigenvalue weighted by Gasteiger charge is 2.29. The van der Waals surface area contributed by atoms with Crippen molar-refractivity contribution < 1.29 is 14.3 Å². The Labute approximate surface area is 187 Å². The number of hydrogen-bond acceptors (Lipinski definition) is 4. The number of hydrogen-bond donors (Lipinski definition) is 1. The van der Waals surface area contributed by atoms with Crippen LogP contribution in [0.15, 0.2) is 60.7 Å². The molecule has 0 saturated heterocycles. The highest BCUT2D eigenvalue weighted by atomic mass is 16.5. The fourth-order valence-electron chi connectivity index (χ4n) is 4.30. The van der Waals surface area contributed by atoms with Gasteiger partial charge < -0.3 is 15.0 Å². The van der Waals surface area contributed by atoms with Crippen molar-refractivity contribution in [3.05, 3.63) is 66.2 Å². The molecule has 0 radical (unpaired) electrons. The molecule has 164 valence electrons. The Morgan fingerprint density at radius 2 is 1.94 bits per heavy atom. The second-order valence-corrected chi connectivity index (χ2v) is 8.56. The SMILES string of the molecule is CN1C(=O)COc2cc(NC(=O)CCN(Cc3cccc4ccccc34)C3CC3)ccc21. The van der Waals surface area contributed by atoms with E-state index in [2.05, 4.69) is 52.7 Å². The fourth-order valence-corrected chi connectivity index (χ4v) is 4.30. The third kappa shape index (κ3) is 4.32. The van der Waals surface area contributed by atoms with Gasteiger partial charge in [-0.15, -0.1) is 0 Å². The zero-order chi connectivity index (χ0) is 22.1. The van der Waals surface area contributed by atoms with Gasteiger partial charge in [0.05, 0.1) is 5.69 Å². The summed E-state index contributed by atoms with van der Waals surface area (Å²) in [5.41, 5.74) is 2.71. The molecule has 2 aliphatic rings. The largest absolute Gasteiger partial charge is 0.481 e. The van der Waals surface area contributed by atoms with Gasteiger partial charge in [-0.3, -0.25) is 14.5 Å². The van der Waals surface area contributed by atoms with Gasteiger partial charge in [0.1, 0.15) is 5.75 Å². The molecule has 1 N–H and O–H groups in total. The number of nitrogens with one attached hydrogen (secondary N) is 1. The summed E-state index contributed by atoms with van der Waals surface area (Å²) in [6.07, 6.45) is 2.82. The number of amides is 2. The second kappa shape index (κ2) is 8.63. The van der Waals surface area contributed by atoms with Crippen LogP contribution in [0.25, 0.3) is 10.8 Å². The number of rotatable bonds is 7. The van der Waals surface area contributed by atoms with E-state index in [1.54, 1.807) is 24.1 Å². The first-order valence-corrected chi connectivity index (χ1v) is 11.1. The number of likely N-dealkylation sites (N-methyl/N-ethyl adjacent to an activating group) is 1. The van der Waals surface area contributed by atoms with E-state index < -0.39 is 0 Å². The Hall–Kier alpha value is -3.38. The van der Waals surface area contributed by atoms with Crippen LogP contribution in [-0.2, 0) is 16.1 Å². The van der Waals surface area contributed by atoms with Crippen molar-refractivity contribution in [1.29, 1.82) is 0 Å². The molecule has 6 nitrogen and oxygen atoms in total. The van der Waals surface area contributed by atoms with Crippen LogP contribution in [0.1, 0.15) is 24.8 Å². The minimum Gasteiger partial charge on any atom is -0.481 e. The van der Waals surface area contributed by atoms with Crippen LogP contribution in [0.3, 0.4) is 0 Å². The van der Waals surface area contributed by atoms with Crippen molar-refractivity contribution in [3.63, 3.8) is 0 Å². The molecule has 1 heterocycles. The Balaban J connectivity index is 1.22. The molecule has 3 aromatic carbocycles. The number of carbonyl (C=O) groups is 2. The van der Waals surface area contributed by atoms with E-state index in [-0.39, 0.29) is 18.4 Å². The van der Waals surface area contributed by atoms with E-state index in [0.29, 0.717) is 29.6 Å². The lowest BCUT2D eigenvalue weighted by atomic mass is 10.0. The zero-order valence-electron chi connectivity index (χ0n) is 18.2. The molecule has 1 aliphatic heterocycles. The van der Waals surface area contributed by atoms with Crippen molar-refractivity contribution in [3.8, 4) is 5.75 Å². The monoisotopic (exact) mass is 429 g/mol.